The molecule has 4 nitrogen and oxygen atoms in total. The molecule has 0 unspecified atom stereocenters. The van der Waals surface area contributed by atoms with E-state index >= 15 is 0 Å². The van der Waals surface area contributed by atoms with Gasteiger partial charge in [0.05, 0.1) is 11.6 Å². The Bertz CT molecular complexity index is 650. The van der Waals surface area contributed by atoms with Crippen molar-refractivity contribution in [3.8, 4) is 0 Å². The summed E-state index contributed by atoms with van der Waals surface area (Å²) in [4.78, 5) is 9.28. The molecule has 0 aromatic carbocycles. The number of aromatic nitrogens is 2. The van der Waals surface area contributed by atoms with Crippen LogP contribution in [0.1, 0.15) is 5.76 Å². The summed E-state index contributed by atoms with van der Waals surface area (Å²) >= 11 is 7.44. The first-order valence-corrected chi connectivity index (χ1v) is 6.76. The molecule has 3 aromatic heterocycles. The lowest BCUT2D eigenvalue weighted by Gasteiger charge is -2.05. The molecule has 3 rings (SSSR count). The van der Waals surface area contributed by atoms with E-state index < -0.39 is 0 Å². The Morgan fingerprint density at radius 1 is 1.33 bits per heavy atom. The van der Waals surface area contributed by atoms with Crippen molar-refractivity contribution >= 4 is 39.0 Å². The first-order valence-electron chi connectivity index (χ1n) is 5.50. The topological polar surface area (TPSA) is 51.0 Å². The summed E-state index contributed by atoms with van der Waals surface area (Å²) in [5.74, 6) is 1.72. The van der Waals surface area contributed by atoms with Crippen LogP contribution in [0.3, 0.4) is 0 Å². The molecule has 0 spiro atoms. The molecule has 0 saturated heterocycles. The second kappa shape index (κ2) is 4.96. The van der Waals surface area contributed by atoms with Gasteiger partial charge in [-0.2, -0.15) is 0 Å². The molecule has 0 aliphatic heterocycles. The lowest BCUT2D eigenvalue weighted by atomic mass is 10.3. The fraction of sp³-hybridized carbons (Fsp3) is 0.167. The Labute approximate surface area is 113 Å². The number of anilines is 1. The van der Waals surface area contributed by atoms with E-state index in [4.69, 9.17) is 16.0 Å². The van der Waals surface area contributed by atoms with Gasteiger partial charge in [-0.15, -0.1) is 11.3 Å². The zero-order valence-corrected chi connectivity index (χ0v) is 11.0. The number of nitrogens with one attached hydrogen (secondary N) is 1. The minimum atomic E-state index is 0.269. The van der Waals surface area contributed by atoms with Gasteiger partial charge >= 0.3 is 0 Å². The molecule has 0 saturated carbocycles. The number of halogens is 1. The van der Waals surface area contributed by atoms with Crippen molar-refractivity contribution in [2.75, 3.05) is 11.9 Å². The van der Waals surface area contributed by atoms with Crippen molar-refractivity contribution in [3.63, 3.8) is 0 Å². The summed E-state index contributed by atoms with van der Waals surface area (Å²) in [6.45, 7) is 0.742. The monoisotopic (exact) mass is 279 g/mol. The quantitative estimate of drug-likeness (QED) is 0.742. The smallest absolute Gasteiger partial charge is 0.225 e. The van der Waals surface area contributed by atoms with Gasteiger partial charge < -0.3 is 9.73 Å². The van der Waals surface area contributed by atoms with Gasteiger partial charge in [0, 0.05) is 13.0 Å². The number of furan rings is 1. The number of rotatable bonds is 4. The van der Waals surface area contributed by atoms with Crippen LogP contribution in [0.4, 0.5) is 5.82 Å². The molecule has 18 heavy (non-hydrogen) atoms. The van der Waals surface area contributed by atoms with Crippen LogP contribution in [0.2, 0.25) is 5.28 Å². The first kappa shape index (κ1) is 11.5. The van der Waals surface area contributed by atoms with E-state index in [0.717, 1.165) is 34.8 Å². The largest absolute Gasteiger partial charge is 0.469 e. The fourth-order valence-corrected chi connectivity index (χ4v) is 2.71. The molecule has 0 atom stereocenters. The lowest BCUT2D eigenvalue weighted by molar-refractivity contribution is 0.513. The SMILES string of the molecule is Clc1nc(NCCc2ccco2)c2ccsc2n1. The van der Waals surface area contributed by atoms with Gasteiger partial charge in [-0.05, 0) is 35.2 Å². The molecular formula is C12H10ClN3OS. The summed E-state index contributed by atoms with van der Waals surface area (Å²) in [6.07, 6.45) is 2.48. The van der Waals surface area contributed by atoms with Gasteiger partial charge in [0.25, 0.3) is 0 Å². The van der Waals surface area contributed by atoms with Crippen molar-refractivity contribution in [3.05, 3.63) is 40.9 Å². The van der Waals surface area contributed by atoms with Crippen LogP contribution in [-0.2, 0) is 6.42 Å². The van der Waals surface area contributed by atoms with Gasteiger partial charge in [-0.3, -0.25) is 0 Å². The highest BCUT2D eigenvalue weighted by atomic mass is 35.5. The normalized spacial score (nSPS) is 10.9. The molecule has 0 bridgehead atoms. The van der Waals surface area contributed by atoms with E-state index in [2.05, 4.69) is 15.3 Å². The number of hydrogen-bond donors (Lipinski definition) is 1. The first-order chi connectivity index (χ1) is 8.83. The van der Waals surface area contributed by atoms with E-state index in [1.807, 2.05) is 23.6 Å². The van der Waals surface area contributed by atoms with Crippen LogP contribution in [0.15, 0.2) is 34.3 Å². The molecule has 0 aliphatic carbocycles. The Morgan fingerprint density at radius 2 is 2.28 bits per heavy atom. The second-order valence-electron chi connectivity index (χ2n) is 3.74. The molecule has 6 heteroatoms. The Kier molecular flexibility index (Phi) is 3.17. The van der Waals surface area contributed by atoms with Crippen LogP contribution in [-0.4, -0.2) is 16.5 Å². The molecule has 0 aliphatic rings. The summed E-state index contributed by atoms with van der Waals surface area (Å²) in [6, 6.07) is 5.83. The van der Waals surface area contributed by atoms with Crippen molar-refractivity contribution in [2.24, 2.45) is 0 Å². The van der Waals surface area contributed by atoms with E-state index in [9.17, 15) is 0 Å². The average molecular weight is 280 g/mol. The maximum absolute atomic E-state index is 5.89. The van der Waals surface area contributed by atoms with Gasteiger partial charge in [0.1, 0.15) is 16.4 Å². The predicted octanol–water partition coefficient (Wildman–Crippen LogP) is 3.59. The van der Waals surface area contributed by atoms with Crippen molar-refractivity contribution in [2.45, 2.75) is 6.42 Å². The van der Waals surface area contributed by atoms with Gasteiger partial charge in [-0.1, -0.05) is 0 Å². The molecule has 1 N–H and O–H groups in total. The number of thiophene rings is 1. The lowest BCUT2D eigenvalue weighted by Crippen LogP contribution is -2.06. The highest BCUT2D eigenvalue weighted by Crippen LogP contribution is 2.26. The fourth-order valence-electron chi connectivity index (χ4n) is 1.72. The zero-order chi connectivity index (χ0) is 12.4. The van der Waals surface area contributed by atoms with Crippen LogP contribution < -0.4 is 5.32 Å². The van der Waals surface area contributed by atoms with Crippen LogP contribution in [0.5, 0.6) is 0 Å². The standard InChI is InChI=1S/C12H10ClN3OS/c13-12-15-10(9-4-7-18-11(9)16-12)14-5-3-8-2-1-6-17-8/h1-2,4,6-7H,3,5H2,(H,14,15,16). The van der Waals surface area contributed by atoms with E-state index in [0.29, 0.717) is 0 Å². The molecular weight excluding hydrogens is 270 g/mol. The molecule has 0 fully saturated rings. The summed E-state index contributed by atoms with van der Waals surface area (Å²) in [5, 5.41) is 6.52. The summed E-state index contributed by atoms with van der Waals surface area (Å²) < 4.78 is 5.27. The summed E-state index contributed by atoms with van der Waals surface area (Å²) in [7, 11) is 0. The van der Waals surface area contributed by atoms with Crippen molar-refractivity contribution < 1.29 is 4.42 Å². The Morgan fingerprint density at radius 3 is 3.11 bits per heavy atom. The average Bonchev–Trinajstić information content (AvgIpc) is 2.98. The van der Waals surface area contributed by atoms with Crippen molar-refractivity contribution in [1.29, 1.82) is 0 Å². The number of nitrogens with zero attached hydrogens (tertiary/aromatic N) is 2. The third-order valence-electron chi connectivity index (χ3n) is 2.54. The van der Waals surface area contributed by atoms with Gasteiger partial charge in [0.2, 0.25) is 5.28 Å². The molecule has 0 radical (unpaired) electrons. The van der Waals surface area contributed by atoms with E-state index in [-0.39, 0.29) is 5.28 Å². The summed E-state index contributed by atoms with van der Waals surface area (Å²) in [5.41, 5.74) is 0. The predicted molar refractivity (Wildman–Crippen MR) is 73.3 cm³/mol. The Hall–Kier alpha value is -1.59. The molecule has 3 aromatic rings. The third-order valence-corrected chi connectivity index (χ3v) is 3.52. The molecule has 0 amide bonds. The minimum Gasteiger partial charge on any atom is -0.469 e. The highest BCUT2D eigenvalue weighted by molar-refractivity contribution is 7.16. The van der Waals surface area contributed by atoms with Crippen LogP contribution in [0, 0.1) is 0 Å². The highest BCUT2D eigenvalue weighted by Gasteiger charge is 2.07. The number of hydrogen-bond acceptors (Lipinski definition) is 5. The minimum absolute atomic E-state index is 0.269. The van der Waals surface area contributed by atoms with Crippen LogP contribution >= 0.6 is 22.9 Å². The Balaban J connectivity index is 1.75. The zero-order valence-electron chi connectivity index (χ0n) is 9.39. The maximum atomic E-state index is 5.89. The van der Waals surface area contributed by atoms with Crippen molar-refractivity contribution in [1.82, 2.24) is 9.97 Å². The van der Waals surface area contributed by atoms with E-state index in [1.54, 1.807) is 17.6 Å². The van der Waals surface area contributed by atoms with Gasteiger partial charge in [-0.25, -0.2) is 9.97 Å². The van der Waals surface area contributed by atoms with Gasteiger partial charge in [0.15, 0.2) is 0 Å². The van der Waals surface area contributed by atoms with E-state index in [1.165, 1.54) is 0 Å². The maximum Gasteiger partial charge on any atom is 0.225 e. The number of fused-ring (bicyclic) bond motifs is 1. The molecule has 92 valence electrons. The van der Waals surface area contributed by atoms with Crippen LogP contribution in [0.25, 0.3) is 10.2 Å². The third kappa shape index (κ3) is 2.32. The molecule has 3 heterocycles. The second-order valence-corrected chi connectivity index (χ2v) is 4.97.